The number of nitrogens with zero attached hydrogens (tertiary/aromatic N) is 2. The lowest BCUT2D eigenvalue weighted by atomic mass is 9.83. The zero-order valence-electron chi connectivity index (χ0n) is 11.2. The topological polar surface area (TPSA) is 36.7 Å². The largest absolute Gasteiger partial charge is 0.472 e. The van der Waals surface area contributed by atoms with Crippen LogP contribution in [0.1, 0.15) is 36.0 Å². The van der Waals surface area contributed by atoms with Crippen molar-refractivity contribution in [2.24, 2.45) is 5.92 Å². The summed E-state index contributed by atoms with van der Waals surface area (Å²) in [6, 6.07) is 1.76. The molecule has 3 heterocycles. The molecule has 2 aliphatic heterocycles. The molecule has 1 unspecified atom stereocenters. The molecule has 0 aromatic carbocycles. The van der Waals surface area contributed by atoms with Crippen LogP contribution >= 0.6 is 0 Å². The minimum absolute atomic E-state index is 0.129. The van der Waals surface area contributed by atoms with Crippen LogP contribution < -0.4 is 0 Å². The van der Waals surface area contributed by atoms with Crippen molar-refractivity contribution in [3.8, 4) is 0 Å². The summed E-state index contributed by atoms with van der Waals surface area (Å²) >= 11 is 0. The van der Waals surface area contributed by atoms with E-state index >= 15 is 0 Å². The number of amides is 1. The van der Waals surface area contributed by atoms with E-state index in [-0.39, 0.29) is 5.91 Å². The average Bonchev–Trinajstić information content (AvgIpc) is 2.94. The zero-order valence-corrected chi connectivity index (χ0v) is 11.2. The van der Waals surface area contributed by atoms with E-state index in [2.05, 4.69) is 4.90 Å². The highest BCUT2D eigenvalue weighted by atomic mass is 16.3. The molecule has 0 bridgehead atoms. The van der Waals surface area contributed by atoms with Gasteiger partial charge in [0.05, 0.1) is 11.8 Å². The molecule has 3 aliphatic rings. The molecule has 4 heteroatoms. The Bertz CT molecular complexity index is 480. The molecule has 1 atom stereocenters. The third-order valence-electron chi connectivity index (χ3n) is 5.08. The van der Waals surface area contributed by atoms with E-state index in [1.165, 1.54) is 32.4 Å². The molecular weight excluding hydrogens is 240 g/mol. The highest BCUT2D eigenvalue weighted by molar-refractivity contribution is 5.94. The van der Waals surface area contributed by atoms with Crippen molar-refractivity contribution in [3.05, 3.63) is 24.2 Å². The van der Waals surface area contributed by atoms with Crippen molar-refractivity contribution in [1.29, 1.82) is 0 Å². The van der Waals surface area contributed by atoms with Crippen molar-refractivity contribution in [1.82, 2.24) is 9.80 Å². The average molecular weight is 260 g/mol. The van der Waals surface area contributed by atoms with Crippen LogP contribution in [0.4, 0.5) is 0 Å². The predicted molar refractivity (Wildman–Crippen MR) is 70.9 cm³/mol. The molecule has 0 N–H and O–H groups in total. The van der Waals surface area contributed by atoms with E-state index < -0.39 is 0 Å². The van der Waals surface area contributed by atoms with Gasteiger partial charge < -0.3 is 9.32 Å². The Labute approximate surface area is 113 Å². The lowest BCUT2D eigenvalue weighted by Gasteiger charge is -2.51. The maximum absolute atomic E-state index is 12.3. The number of hydrogen-bond donors (Lipinski definition) is 0. The second kappa shape index (κ2) is 4.10. The van der Waals surface area contributed by atoms with E-state index in [4.69, 9.17) is 4.42 Å². The second-order valence-electron chi connectivity index (χ2n) is 6.35. The molecule has 1 aromatic heterocycles. The Balaban J connectivity index is 1.43. The van der Waals surface area contributed by atoms with Gasteiger partial charge in [-0.2, -0.15) is 0 Å². The molecule has 3 fully saturated rings. The molecular formula is C15H20N2O2. The third-order valence-corrected chi connectivity index (χ3v) is 5.08. The summed E-state index contributed by atoms with van der Waals surface area (Å²) in [5.41, 5.74) is 0.993. The minimum Gasteiger partial charge on any atom is -0.472 e. The van der Waals surface area contributed by atoms with Gasteiger partial charge in [0.25, 0.3) is 5.91 Å². The molecule has 1 aromatic rings. The number of rotatable bonds is 3. The van der Waals surface area contributed by atoms with E-state index in [1.807, 2.05) is 4.90 Å². The van der Waals surface area contributed by atoms with Crippen LogP contribution in [0.5, 0.6) is 0 Å². The summed E-state index contributed by atoms with van der Waals surface area (Å²) in [6.45, 7) is 4.28. The van der Waals surface area contributed by atoms with Crippen molar-refractivity contribution in [2.75, 3.05) is 26.2 Å². The first-order valence-corrected chi connectivity index (χ1v) is 7.33. The highest BCUT2D eigenvalue weighted by Crippen LogP contribution is 2.42. The van der Waals surface area contributed by atoms with Crippen LogP contribution in [0.25, 0.3) is 0 Å². The Kier molecular flexibility index (Phi) is 2.49. The number of furan rings is 1. The van der Waals surface area contributed by atoms with Crippen LogP contribution in [0.2, 0.25) is 0 Å². The Morgan fingerprint density at radius 3 is 2.84 bits per heavy atom. The SMILES string of the molecule is O=C(c1ccoc1)N1CCC2(CCN2CC2CC2)C1. The summed E-state index contributed by atoms with van der Waals surface area (Å²) in [4.78, 5) is 17.0. The lowest BCUT2D eigenvalue weighted by molar-refractivity contribution is -0.00931. The Morgan fingerprint density at radius 2 is 2.21 bits per heavy atom. The van der Waals surface area contributed by atoms with Gasteiger partial charge in [-0.15, -0.1) is 0 Å². The fourth-order valence-electron chi connectivity index (χ4n) is 3.54. The van der Waals surface area contributed by atoms with E-state index in [0.717, 1.165) is 25.4 Å². The second-order valence-corrected chi connectivity index (χ2v) is 6.35. The normalized spacial score (nSPS) is 30.8. The molecule has 102 valence electrons. The lowest BCUT2D eigenvalue weighted by Crippen LogP contribution is -2.61. The molecule has 0 radical (unpaired) electrons. The fourth-order valence-corrected chi connectivity index (χ4v) is 3.54. The van der Waals surface area contributed by atoms with Crippen LogP contribution in [0.15, 0.2) is 23.0 Å². The molecule has 19 heavy (non-hydrogen) atoms. The summed E-state index contributed by atoms with van der Waals surface area (Å²) in [7, 11) is 0. The molecule has 1 aliphatic carbocycles. The van der Waals surface area contributed by atoms with Crippen molar-refractivity contribution in [3.63, 3.8) is 0 Å². The highest BCUT2D eigenvalue weighted by Gasteiger charge is 2.51. The molecule has 4 nitrogen and oxygen atoms in total. The van der Waals surface area contributed by atoms with Gasteiger partial charge in [0, 0.05) is 31.7 Å². The molecule has 1 spiro atoms. The van der Waals surface area contributed by atoms with Gasteiger partial charge in [0.2, 0.25) is 0 Å². The van der Waals surface area contributed by atoms with Crippen LogP contribution in [-0.2, 0) is 0 Å². The van der Waals surface area contributed by atoms with Crippen LogP contribution in [0.3, 0.4) is 0 Å². The number of hydrogen-bond acceptors (Lipinski definition) is 3. The van der Waals surface area contributed by atoms with Gasteiger partial charge in [-0.25, -0.2) is 0 Å². The van der Waals surface area contributed by atoms with Crippen molar-refractivity contribution >= 4 is 5.91 Å². The molecule has 2 saturated heterocycles. The fraction of sp³-hybridized carbons (Fsp3) is 0.667. The summed E-state index contributed by atoms with van der Waals surface area (Å²) in [5, 5.41) is 0. The smallest absolute Gasteiger partial charge is 0.257 e. The number of carbonyl (C=O) groups is 1. The van der Waals surface area contributed by atoms with Gasteiger partial charge in [-0.3, -0.25) is 9.69 Å². The standard InChI is InChI=1S/C15H20N2O2/c18-14(13-3-8-19-10-13)16-6-4-15(11-16)5-7-17(15)9-12-1-2-12/h3,8,10,12H,1-2,4-7,9,11H2. The molecule has 4 rings (SSSR count). The Morgan fingerprint density at radius 1 is 1.37 bits per heavy atom. The summed E-state index contributed by atoms with van der Waals surface area (Å²) < 4.78 is 5.01. The first-order chi connectivity index (χ1) is 9.27. The van der Waals surface area contributed by atoms with Gasteiger partial charge in [0.1, 0.15) is 6.26 Å². The van der Waals surface area contributed by atoms with Crippen molar-refractivity contribution in [2.45, 2.75) is 31.2 Å². The van der Waals surface area contributed by atoms with Crippen molar-refractivity contribution < 1.29 is 9.21 Å². The Hall–Kier alpha value is -1.29. The van der Waals surface area contributed by atoms with E-state index in [9.17, 15) is 4.79 Å². The third kappa shape index (κ3) is 1.89. The number of carbonyl (C=O) groups excluding carboxylic acids is 1. The minimum atomic E-state index is 0.129. The maximum atomic E-state index is 12.3. The van der Waals surface area contributed by atoms with Gasteiger partial charge in [-0.1, -0.05) is 0 Å². The van der Waals surface area contributed by atoms with Gasteiger partial charge >= 0.3 is 0 Å². The number of likely N-dealkylation sites (tertiary alicyclic amines) is 2. The quantitative estimate of drug-likeness (QED) is 0.834. The van der Waals surface area contributed by atoms with E-state index in [1.54, 1.807) is 18.6 Å². The molecule has 1 amide bonds. The predicted octanol–water partition coefficient (Wildman–Crippen LogP) is 1.98. The monoisotopic (exact) mass is 260 g/mol. The van der Waals surface area contributed by atoms with Crippen LogP contribution in [0, 0.1) is 5.92 Å². The molecule has 1 saturated carbocycles. The summed E-state index contributed by atoms with van der Waals surface area (Å²) in [6.07, 6.45) is 8.34. The van der Waals surface area contributed by atoms with Gasteiger partial charge in [0.15, 0.2) is 0 Å². The zero-order chi connectivity index (χ0) is 12.9. The van der Waals surface area contributed by atoms with E-state index in [0.29, 0.717) is 11.1 Å². The first kappa shape index (κ1) is 11.5. The summed E-state index contributed by atoms with van der Waals surface area (Å²) in [5.74, 6) is 1.07. The first-order valence-electron chi connectivity index (χ1n) is 7.33. The van der Waals surface area contributed by atoms with Crippen LogP contribution in [-0.4, -0.2) is 47.4 Å². The van der Waals surface area contributed by atoms with Gasteiger partial charge in [-0.05, 0) is 37.7 Å². The maximum Gasteiger partial charge on any atom is 0.257 e.